The molecule has 0 aromatic rings. The Labute approximate surface area is 129 Å². The van der Waals surface area contributed by atoms with Crippen LogP contribution in [0.5, 0.6) is 0 Å². The summed E-state index contributed by atoms with van der Waals surface area (Å²) < 4.78 is 0. The van der Waals surface area contributed by atoms with E-state index in [1.165, 1.54) is 38.6 Å². The third-order valence-corrected chi connectivity index (χ3v) is 6.03. The molecule has 4 heteroatoms. The molecule has 2 saturated heterocycles. The largest absolute Gasteiger partial charge is 0.325 e. The van der Waals surface area contributed by atoms with E-state index >= 15 is 0 Å². The van der Waals surface area contributed by atoms with E-state index in [-0.39, 0.29) is 11.7 Å². The highest BCUT2D eigenvalue weighted by atomic mass is 16.2. The van der Waals surface area contributed by atoms with Crippen LogP contribution in [0.3, 0.4) is 0 Å². The van der Waals surface area contributed by atoms with Crippen molar-refractivity contribution in [1.82, 2.24) is 15.1 Å². The molecule has 1 amide bonds. The minimum Gasteiger partial charge on any atom is -0.325 e. The number of nitrogens with one attached hydrogen (secondary N) is 1. The summed E-state index contributed by atoms with van der Waals surface area (Å²) in [5, 5.41) is 3.71. The van der Waals surface area contributed by atoms with Gasteiger partial charge in [0.25, 0.3) is 0 Å². The first-order valence-corrected chi connectivity index (χ1v) is 8.81. The Balaban J connectivity index is 1.74. The zero-order chi connectivity index (χ0) is 15.0. The zero-order valence-corrected chi connectivity index (χ0v) is 13.9. The summed E-state index contributed by atoms with van der Waals surface area (Å²) in [6.45, 7) is 7.50. The summed E-state index contributed by atoms with van der Waals surface area (Å²) in [6, 6.07) is 0. The summed E-state index contributed by atoms with van der Waals surface area (Å²) in [4.78, 5) is 17.5. The Morgan fingerprint density at radius 3 is 2.57 bits per heavy atom. The maximum atomic E-state index is 12.9. The van der Waals surface area contributed by atoms with Crippen molar-refractivity contribution in [3.8, 4) is 0 Å². The van der Waals surface area contributed by atoms with Gasteiger partial charge in [0.05, 0.1) is 11.7 Å². The Kier molecular flexibility index (Phi) is 4.28. The highest BCUT2D eigenvalue weighted by Crippen LogP contribution is 2.36. The van der Waals surface area contributed by atoms with Crippen LogP contribution in [0.15, 0.2) is 0 Å². The third-order valence-electron chi connectivity index (χ3n) is 6.03. The molecule has 1 saturated carbocycles. The predicted octanol–water partition coefficient (Wildman–Crippen LogP) is 2.05. The molecule has 0 aromatic carbocycles. The van der Waals surface area contributed by atoms with Gasteiger partial charge in [-0.25, -0.2) is 0 Å². The van der Waals surface area contributed by atoms with Crippen molar-refractivity contribution in [2.24, 2.45) is 11.8 Å². The van der Waals surface area contributed by atoms with Crippen molar-refractivity contribution in [3.63, 3.8) is 0 Å². The van der Waals surface area contributed by atoms with Gasteiger partial charge in [0.2, 0.25) is 5.91 Å². The van der Waals surface area contributed by atoms with Crippen molar-refractivity contribution in [3.05, 3.63) is 0 Å². The van der Waals surface area contributed by atoms with E-state index in [1.807, 2.05) is 0 Å². The van der Waals surface area contributed by atoms with Crippen LogP contribution < -0.4 is 5.32 Å². The van der Waals surface area contributed by atoms with Gasteiger partial charge in [-0.2, -0.15) is 0 Å². The highest BCUT2D eigenvalue weighted by molar-refractivity contribution is 5.88. The smallest absolute Gasteiger partial charge is 0.243 e. The van der Waals surface area contributed by atoms with Crippen molar-refractivity contribution in [2.75, 3.05) is 26.7 Å². The predicted molar refractivity (Wildman–Crippen MR) is 84.9 cm³/mol. The van der Waals surface area contributed by atoms with Crippen LogP contribution in [0.4, 0.5) is 0 Å². The molecule has 21 heavy (non-hydrogen) atoms. The number of likely N-dealkylation sites (tertiary alicyclic amines) is 1. The second-order valence-electron chi connectivity index (χ2n) is 7.69. The molecule has 0 bridgehead atoms. The molecule has 4 nitrogen and oxygen atoms in total. The minimum absolute atomic E-state index is 0.288. The van der Waals surface area contributed by atoms with Gasteiger partial charge in [-0.1, -0.05) is 19.8 Å². The summed E-state index contributed by atoms with van der Waals surface area (Å²) in [5.41, 5.74) is -0.336. The van der Waals surface area contributed by atoms with Crippen molar-refractivity contribution >= 4 is 5.91 Å². The maximum absolute atomic E-state index is 12.9. The molecule has 120 valence electrons. The number of hydrogen-bond donors (Lipinski definition) is 1. The summed E-state index contributed by atoms with van der Waals surface area (Å²) in [7, 11) is 2.19. The van der Waals surface area contributed by atoms with Gasteiger partial charge in [0.15, 0.2) is 0 Å². The zero-order valence-electron chi connectivity index (χ0n) is 13.9. The van der Waals surface area contributed by atoms with Gasteiger partial charge >= 0.3 is 0 Å². The van der Waals surface area contributed by atoms with E-state index in [4.69, 9.17) is 0 Å². The van der Waals surface area contributed by atoms with Crippen LogP contribution in [0.25, 0.3) is 0 Å². The summed E-state index contributed by atoms with van der Waals surface area (Å²) in [6.07, 6.45) is 7.64. The van der Waals surface area contributed by atoms with E-state index in [0.29, 0.717) is 17.7 Å². The fourth-order valence-corrected chi connectivity index (χ4v) is 4.46. The Morgan fingerprint density at radius 2 is 2.00 bits per heavy atom. The van der Waals surface area contributed by atoms with Crippen molar-refractivity contribution < 1.29 is 4.79 Å². The lowest BCUT2D eigenvalue weighted by atomic mass is 9.99. The third kappa shape index (κ3) is 2.85. The first kappa shape index (κ1) is 15.3. The molecule has 3 rings (SSSR count). The molecule has 1 aliphatic carbocycles. The van der Waals surface area contributed by atoms with Gasteiger partial charge < -0.3 is 9.80 Å². The van der Waals surface area contributed by atoms with Crippen molar-refractivity contribution in [2.45, 2.75) is 64.1 Å². The summed E-state index contributed by atoms with van der Waals surface area (Å²) in [5.74, 6) is 1.67. The first-order valence-electron chi connectivity index (χ1n) is 8.81. The number of amides is 1. The van der Waals surface area contributed by atoms with Gasteiger partial charge in [0.1, 0.15) is 0 Å². The highest BCUT2D eigenvalue weighted by Gasteiger charge is 2.49. The van der Waals surface area contributed by atoms with Crippen LogP contribution in [-0.4, -0.2) is 54.1 Å². The average Bonchev–Trinajstić information content (AvgIpc) is 3.17. The molecule has 0 aromatic heterocycles. The SMILES string of the molecule is CCC1(C)NC(C2CCCC2)N(CC2CCN(C)C2)C1=O. The number of rotatable bonds is 4. The lowest BCUT2D eigenvalue weighted by Crippen LogP contribution is -2.46. The van der Waals surface area contributed by atoms with Crippen molar-refractivity contribution in [1.29, 1.82) is 0 Å². The fourth-order valence-electron chi connectivity index (χ4n) is 4.46. The molecule has 0 spiro atoms. The first-order chi connectivity index (χ1) is 10.0. The molecular formula is C17H31N3O. The molecule has 0 radical (unpaired) electrons. The van der Waals surface area contributed by atoms with Gasteiger partial charge in [-0.3, -0.25) is 10.1 Å². The normalized spacial score (nSPS) is 38.8. The molecule has 3 unspecified atom stereocenters. The van der Waals surface area contributed by atoms with E-state index in [0.717, 1.165) is 19.5 Å². The van der Waals surface area contributed by atoms with Crippen LogP contribution in [0.2, 0.25) is 0 Å². The number of nitrogens with zero attached hydrogens (tertiary/aromatic N) is 2. The molecule has 1 N–H and O–H groups in total. The number of hydrogen-bond acceptors (Lipinski definition) is 3. The van der Waals surface area contributed by atoms with E-state index in [2.05, 4.69) is 36.0 Å². The second kappa shape index (κ2) is 5.88. The molecular weight excluding hydrogens is 262 g/mol. The Hall–Kier alpha value is -0.610. The van der Waals surface area contributed by atoms with Crippen LogP contribution >= 0.6 is 0 Å². The summed E-state index contributed by atoms with van der Waals surface area (Å²) >= 11 is 0. The van der Waals surface area contributed by atoms with Crippen LogP contribution in [0.1, 0.15) is 52.4 Å². The molecule has 2 aliphatic heterocycles. The molecule has 3 fully saturated rings. The molecule has 3 atom stereocenters. The van der Waals surface area contributed by atoms with Gasteiger partial charge in [-0.05, 0) is 58.0 Å². The quantitative estimate of drug-likeness (QED) is 0.862. The lowest BCUT2D eigenvalue weighted by molar-refractivity contribution is -0.134. The number of carbonyl (C=O) groups excluding carboxylic acids is 1. The van der Waals surface area contributed by atoms with Crippen LogP contribution in [-0.2, 0) is 4.79 Å². The monoisotopic (exact) mass is 293 g/mol. The van der Waals surface area contributed by atoms with E-state index in [1.54, 1.807) is 0 Å². The van der Waals surface area contributed by atoms with Crippen LogP contribution in [0, 0.1) is 11.8 Å². The Morgan fingerprint density at radius 1 is 1.29 bits per heavy atom. The molecule has 2 heterocycles. The second-order valence-corrected chi connectivity index (χ2v) is 7.69. The maximum Gasteiger partial charge on any atom is 0.243 e. The lowest BCUT2D eigenvalue weighted by Gasteiger charge is -2.31. The fraction of sp³-hybridized carbons (Fsp3) is 0.941. The standard InChI is InChI=1S/C17H31N3O/c1-4-17(2)16(21)20(12-13-9-10-19(3)11-13)15(18-17)14-7-5-6-8-14/h13-15,18H,4-12H2,1-3H3. The Bertz CT molecular complexity index is 393. The average molecular weight is 293 g/mol. The van der Waals surface area contributed by atoms with E-state index in [9.17, 15) is 4.79 Å². The van der Waals surface area contributed by atoms with Gasteiger partial charge in [-0.15, -0.1) is 0 Å². The van der Waals surface area contributed by atoms with Gasteiger partial charge in [0, 0.05) is 13.1 Å². The number of carbonyl (C=O) groups is 1. The molecule has 3 aliphatic rings. The van der Waals surface area contributed by atoms with E-state index < -0.39 is 0 Å². The topological polar surface area (TPSA) is 35.6 Å². The minimum atomic E-state index is -0.336.